The van der Waals surface area contributed by atoms with Crippen LogP contribution in [0, 0.1) is 12.8 Å². The summed E-state index contributed by atoms with van der Waals surface area (Å²) in [6.07, 6.45) is 8.27. The highest BCUT2D eigenvalue weighted by molar-refractivity contribution is 5.59. The number of hydrogen-bond acceptors (Lipinski definition) is 5. The van der Waals surface area contributed by atoms with E-state index < -0.39 is 0 Å². The van der Waals surface area contributed by atoms with Crippen LogP contribution in [0.15, 0.2) is 47.5 Å². The van der Waals surface area contributed by atoms with E-state index in [0.29, 0.717) is 24.2 Å². The number of nitrogens with zero attached hydrogens (tertiary/aromatic N) is 4. The first kappa shape index (κ1) is 22.3. The van der Waals surface area contributed by atoms with Crippen molar-refractivity contribution in [3.63, 3.8) is 0 Å². The van der Waals surface area contributed by atoms with Crippen molar-refractivity contribution >= 4 is 5.95 Å². The quantitative estimate of drug-likeness (QED) is 0.594. The van der Waals surface area contributed by atoms with Gasteiger partial charge in [-0.15, -0.1) is 0 Å². The van der Waals surface area contributed by atoms with Crippen molar-refractivity contribution in [3.05, 3.63) is 58.8 Å². The highest BCUT2D eigenvalue weighted by Gasteiger charge is 2.20. The Balaban J connectivity index is 1.72. The first-order valence-corrected chi connectivity index (χ1v) is 11.5. The Labute approximate surface area is 189 Å². The molecule has 7 nitrogen and oxygen atoms in total. The number of aromatic nitrogens is 4. The van der Waals surface area contributed by atoms with E-state index >= 15 is 0 Å². The fraction of sp³-hybridized carbons (Fsp3) is 0.480. The zero-order chi connectivity index (χ0) is 22.7. The second kappa shape index (κ2) is 9.69. The molecule has 1 aromatic carbocycles. The van der Waals surface area contributed by atoms with Crippen LogP contribution in [-0.4, -0.2) is 38.4 Å². The average Bonchev–Trinajstić information content (AvgIpc) is 3.11. The van der Waals surface area contributed by atoms with Gasteiger partial charge in [0.2, 0.25) is 5.95 Å². The van der Waals surface area contributed by atoms with Gasteiger partial charge in [0.1, 0.15) is 0 Å². The molecule has 1 aliphatic carbocycles. The van der Waals surface area contributed by atoms with Crippen molar-refractivity contribution in [1.82, 2.24) is 19.1 Å². The number of methoxy groups -OCH3 is 1. The monoisotopic (exact) mass is 435 g/mol. The van der Waals surface area contributed by atoms with Gasteiger partial charge in [0.15, 0.2) is 0 Å². The lowest BCUT2D eigenvalue weighted by Crippen LogP contribution is -2.27. The van der Waals surface area contributed by atoms with E-state index in [0.717, 1.165) is 35.7 Å². The molecule has 0 aliphatic heterocycles. The summed E-state index contributed by atoms with van der Waals surface area (Å²) in [5.74, 6) is 1.40. The first-order chi connectivity index (χ1) is 15.4. The summed E-state index contributed by atoms with van der Waals surface area (Å²) in [5, 5.41) is 3.51. The SMILES string of the molecule is COC(C)Cn1cc(-c2ccnc(N[C@H]3CC[C@H](C)CC3)n2)n(-c2cccc(C)c2)c1=O. The molecule has 170 valence electrons. The van der Waals surface area contributed by atoms with Gasteiger partial charge in [-0.3, -0.25) is 9.13 Å². The number of anilines is 1. The standard InChI is InChI=1S/C25H33N5O2/c1-17-8-10-20(11-9-17)27-24-26-13-12-22(28-24)23-16-29(15-19(3)32-4)25(31)30(23)21-7-5-6-18(2)14-21/h5-7,12-14,16-17,19-20H,8-11,15H2,1-4H3,(H,26,27,28)/t17-,19?,20-. The van der Waals surface area contributed by atoms with Gasteiger partial charge in [-0.25, -0.2) is 14.8 Å². The van der Waals surface area contributed by atoms with E-state index in [-0.39, 0.29) is 11.8 Å². The molecule has 1 N–H and O–H groups in total. The number of benzene rings is 1. The molecule has 1 unspecified atom stereocenters. The van der Waals surface area contributed by atoms with Crippen LogP contribution in [-0.2, 0) is 11.3 Å². The number of imidazole rings is 1. The second-order valence-corrected chi connectivity index (χ2v) is 9.04. The van der Waals surface area contributed by atoms with Crippen LogP contribution in [0.25, 0.3) is 17.1 Å². The summed E-state index contributed by atoms with van der Waals surface area (Å²) in [5.41, 5.74) is 3.27. The van der Waals surface area contributed by atoms with Crippen LogP contribution in [0.1, 0.15) is 45.1 Å². The molecule has 0 radical (unpaired) electrons. The molecule has 1 atom stereocenters. The third-order valence-corrected chi connectivity index (χ3v) is 6.34. The van der Waals surface area contributed by atoms with Crippen LogP contribution in [0.2, 0.25) is 0 Å². The van der Waals surface area contributed by atoms with Crippen molar-refractivity contribution in [2.24, 2.45) is 5.92 Å². The summed E-state index contributed by atoms with van der Waals surface area (Å²) >= 11 is 0. The Morgan fingerprint density at radius 3 is 2.72 bits per heavy atom. The van der Waals surface area contributed by atoms with E-state index in [9.17, 15) is 4.79 Å². The molecular weight excluding hydrogens is 402 g/mol. The fourth-order valence-electron chi connectivity index (χ4n) is 4.33. The molecule has 2 aromatic heterocycles. The molecule has 0 spiro atoms. The van der Waals surface area contributed by atoms with Gasteiger partial charge >= 0.3 is 5.69 Å². The molecule has 7 heteroatoms. The van der Waals surface area contributed by atoms with Gasteiger partial charge < -0.3 is 10.1 Å². The molecule has 0 saturated heterocycles. The summed E-state index contributed by atoms with van der Waals surface area (Å²) < 4.78 is 8.82. The van der Waals surface area contributed by atoms with Crippen LogP contribution in [0.3, 0.4) is 0 Å². The summed E-state index contributed by atoms with van der Waals surface area (Å²) in [7, 11) is 1.66. The normalized spacial score (nSPS) is 19.6. The molecule has 1 saturated carbocycles. The molecule has 0 bridgehead atoms. The number of nitrogens with one attached hydrogen (secondary N) is 1. The topological polar surface area (TPSA) is 74.0 Å². The minimum atomic E-state index is -0.108. The van der Waals surface area contributed by atoms with Gasteiger partial charge in [-0.05, 0) is 69.2 Å². The second-order valence-electron chi connectivity index (χ2n) is 9.04. The average molecular weight is 436 g/mol. The van der Waals surface area contributed by atoms with Crippen molar-refractivity contribution in [1.29, 1.82) is 0 Å². The highest BCUT2D eigenvalue weighted by Crippen LogP contribution is 2.26. The zero-order valence-electron chi connectivity index (χ0n) is 19.4. The van der Waals surface area contributed by atoms with Crippen LogP contribution >= 0.6 is 0 Å². The third-order valence-electron chi connectivity index (χ3n) is 6.34. The number of rotatable bonds is 7. The van der Waals surface area contributed by atoms with E-state index in [2.05, 4.69) is 17.2 Å². The predicted octanol–water partition coefficient (Wildman–Crippen LogP) is 4.43. The van der Waals surface area contributed by atoms with Gasteiger partial charge in [0, 0.05) is 25.5 Å². The van der Waals surface area contributed by atoms with Crippen molar-refractivity contribution < 1.29 is 4.74 Å². The smallest absolute Gasteiger partial charge is 0.333 e. The number of ether oxygens (including phenoxy) is 1. The van der Waals surface area contributed by atoms with Crippen molar-refractivity contribution in [3.8, 4) is 17.1 Å². The van der Waals surface area contributed by atoms with Crippen LogP contribution < -0.4 is 11.0 Å². The molecule has 2 heterocycles. The summed E-state index contributed by atoms with van der Waals surface area (Å²) in [6, 6.07) is 10.2. The molecular formula is C25H33N5O2. The van der Waals surface area contributed by atoms with E-state index in [1.165, 1.54) is 12.8 Å². The van der Waals surface area contributed by atoms with E-state index in [1.807, 2.05) is 50.4 Å². The van der Waals surface area contributed by atoms with Gasteiger partial charge in [-0.2, -0.15) is 0 Å². The number of aryl methyl sites for hydroxylation is 1. The zero-order valence-corrected chi connectivity index (χ0v) is 19.4. The molecule has 1 fully saturated rings. The fourth-order valence-corrected chi connectivity index (χ4v) is 4.33. The lowest BCUT2D eigenvalue weighted by Gasteiger charge is -2.26. The summed E-state index contributed by atoms with van der Waals surface area (Å²) in [6.45, 7) is 6.76. The molecule has 1 aliphatic rings. The first-order valence-electron chi connectivity index (χ1n) is 11.5. The minimum absolute atomic E-state index is 0.0785. The maximum absolute atomic E-state index is 13.4. The maximum atomic E-state index is 13.4. The minimum Gasteiger partial charge on any atom is -0.380 e. The van der Waals surface area contributed by atoms with Gasteiger partial charge in [-0.1, -0.05) is 19.1 Å². The number of hydrogen-bond donors (Lipinski definition) is 1. The molecule has 4 rings (SSSR count). The van der Waals surface area contributed by atoms with Gasteiger partial charge in [0.05, 0.1) is 29.7 Å². The Hall–Kier alpha value is -2.93. The van der Waals surface area contributed by atoms with Crippen LogP contribution in [0.5, 0.6) is 0 Å². The highest BCUT2D eigenvalue weighted by atomic mass is 16.5. The third kappa shape index (κ3) is 4.93. The predicted molar refractivity (Wildman–Crippen MR) is 127 cm³/mol. The van der Waals surface area contributed by atoms with Crippen LogP contribution in [0.4, 0.5) is 5.95 Å². The maximum Gasteiger partial charge on any atom is 0.333 e. The Kier molecular flexibility index (Phi) is 6.74. The van der Waals surface area contributed by atoms with Crippen molar-refractivity contribution in [2.45, 2.75) is 65.1 Å². The van der Waals surface area contributed by atoms with Crippen molar-refractivity contribution in [2.75, 3.05) is 12.4 Å². The van der Waals surface area contributed by atoms with Gasteiger partial charge in [0.25, 0.3) is 0 Å². The lowest BCUT2D eigenvalue weighted by atomic mass is 9.87. The molecule has 32 heavy (non-hydrogen) atoms. The van der Waals surface area contributed by atoms with E-state index in [1.54, 1.807) is 22.4 Å². The Bertz CT molecular complexity index is 1110. The van der Waals surface area contributed by atoms with E-state index in [4.69, 9.17) is 9.72 Å². The lowest BCUT2D eigenvalue weighted by molar-refractivity contribution is 0.102. The molecule has 3 aromatic rings. The largest absolute Gasteiger partial charge is 0.380 e. The Morgan fingerprint density at radius 1 is 1.22 bits per heavy atom. The molecule has 0 amide bonds. The Morgan fingerprint density at radius 2 is 2.00 bits per heavy atom. The summed E-state index contributed by atoms with van der Waals surface area (Å²) in [4.78, 5) is 22.6.